The van der Waals surface area contributed by atoms with Gasteiger partial charge in [-0.3, -0.25) is 19.2 Å². The highest BCUT2D eigenvalue weighted by Gasteiger charge is 2.53. The molecule has 214 valence electrons. The molecule has 0 spiro atoms. The maximum Gasteiger partial charge on any atom is 0.303 e. The molecule has 5 atom stereocenters. The van der Waals surface area contributed by atoms with Crippen LogP contribution in [0.1, 0.15) is 38.8 Å². The third-order valence-electron chi connectivity index (χ3n) is 5.57. The van der Waals surface area contributed by atoms with Crippen molar-refractivity contribution in [1.82, 2.24) is 0 Å². The summed E-state index contributed by atoms with van der Waals surface area (Å²) in [4.78, 5) is 47.3. The number of hydrogen-bond acceptors (Lipinski definition) is 13. The zero-order chi connectivity index (χ0) is 29.4. The van der Waals surface area contributed by atoms with Crippen LogP contribution in [-0.4, -0.2) is 77.2 Å². The third-order valence-corrected chi connectivity index (χ3v) is 5.57. The van der Waals surface area contributed by atoms with Crippen LogP contribution in [0.15, 0.2) is 53.7 Å². The lowest BCUT2D eigenvalue weighted by Crippen LogP contribution is -2.63. The molecular weight excluding hydrogens is 530 g/mol. The summed E-state index contributed by atoms with van der Waals surface area (Å²) in [5.41, 5.74) is 0.813. The molecule has 5 unspecified atom stereocenters. The largest absolute Gasteiger partial charge is 0.507 e. The van der Waals surface area contributed by atoms with Gasteiger partial charge < -0.3 is 38.7 Å². The number of oxime groups is 1. The molecule has 0 aromatic heterocycles. The van der Waals surface area contributed by atoms with Gasteiger partial charge in [-0.15, -0.1) is 0 Å². The molecule has 1 saturated heterocycles. The summed E-state index contributed by atoms with van der Waals surface area (Å²) in [6, 6.07) is 12.7. The quantitative estimate of drug-likeness (QED) is 0.151. The van der Waals surface area contributed by atoms with E-state index in [0.717, 1.165) is 27.7 Å². The summed E-state index contributed by atoms with van der Waals surface area (Å²) in [6.45, 7) is 4.06. The Balaban J connectivity index is 1.98. The van der Waals surface area contributed by atoms with Crippen molar-refractivity contribution in [2.75, 3.05) is 6.61 Å². The Bertz CT molecular complexity index is 1260. The zero-order valence-corrected chi connectivity index (χ0v) is 22.1. The number of benzene rings is 2. The van der Waals surface area contributed by atoms with E-state index < -0.39 is 61.2 Å². The molecular formula is C27H29NO12. The first-order valence-electron chi connectivity index (χ1n) is 12.1. The molecule has 2 N–H and O–H groups in total. The first-order valence-corrected chi connectivity index (χ1v) is 12.1. The second-order valence-electron chi connectivity index (χ2n) is 8.68. The summed E-state index contributed by atoms with van der Waals surface area (Å²) >= 11 is 0. The normalized spacial score (nSPS) is 22.5. The van der Waals surface area contributed by atoms with Crippen LogP contribution < -0.4 is 4.74 Å². The summed E-state index contributed by atoms with van der Waals surface area (Å²) in [7, 11) is 0. The molecule has 13 heteroatoms. The van der Waals surface area contributed by atoms with Crippen molar-refractivity contribution in [3.05, 3.63) is 59.7 Å². The van der Waals surface area contributed by atoms with Crippen molar-refractivity contribution in [3.8, 4) is 11.5 Å². The first kappa shape index (κ1) is 29.9. The number of nitrogens with zero attached hydrogens (tertiary/aromatic N) is 1. The number of rotatable bonds is 9. The number of carbonyl (C=O) groups is 4. The van der Waals surface area contributed by atoms with Crippen LogP contribution in [-0.2, 0) is 42.9 Å². The van der Waals surface area contributed by atoms with Gasteiger partial charge >= 0.3 is 23.9 Å². The van der Waals surface area contributed by atoms with Crippen LogP contribution >= 0.6 is 0 Å². The van der Waals surface area contributed by atoms with Gasteiger partial charge in [0.1, 0.15) is 29.9 Å². The SMILES string of the molecule is CC(=O)OCC1OC(Oc2ccc(/C(=N\O)c3ccccc3)c(O)c2)C(OC(C)=O)C(OC(C)=O)C1OC(C)=O. The lowest BCUT2D eigenvalue weighted by Gasteiger charge is -2.43. The third kappa shape index (κ3) is 7.69. The van der Waals surface area contributed by atoms with E-state index in [1.165, 1.54) is 18.2 Å². The Kier molecular flexibility index (Phi) is 10.0. The molecule has 2 aromatic rings. The molecule has 1 heterocycles. The van der Waals surface area contributed by atoms with Crippen LogP contribution in [0.5, 0.6) is 11.5 Å². The van der Waals surface area contributed by atoms with Crippen LogP contribution in [0.3, 0.4) is 0 Å². The lowest BCUT2D eigenvalue weighted by atomic mass is 9.98. The van der Waals surface area contributed by atoms with Gasteiger partial charge in [-0.05, 0) is 12.1 Å². The summed E-state index contributed by atoms with van der Waals surface area (Å²) in [6.07, 6.45) is -6.88. The molecule has 0 radical (unpaired) electrons. The van der Waals surface area contributed by atoms with Gasteiger partial charge in [0.2, 0.25) is 12.4 Å². The minimum atomic E-state index is -1.48. The monoisotopic (exact) mass is 559 g/mol. The van der Waals surface area contributed by atoms with E-state index in [9.17, 15) is 29.5 Å². The number of ether oxygens (including phenoxy) is 6. The van der Waals surface area contributed by atoms with Crippen LogP contribution in [0.25, 0.3) is 0 Å². The molecule has 0 saturated carbocycles. The maximum atomic E-state index is 12.0. The topological polar surface area (TPSA) is 176 Å². The fourth-order valence-electron chi connectivity index (χ4n) is 4.07. The predicted molar refractivity (Wildman–Crippen MR) is 135 cm³/mol. The smallest absolute Gasteiger partial charge is 0.303 e. The fourth-order valence-corrected chi connectivity index (χ4v) is 4.07. The summed E-state index contributed by atoms with van der Waals surface area (Å²) in [5, 5.41) is 23.6. The molecule has 3 rings (SSSR count). The summed E-state index contributed by atoms with van der Waals surface area (Å²) < 4.78 is 32.9. The van der Waals surface area contributed by atoms with E-state index in [4.69, 9.17) is 28.4 Å². The molecule has 1 aliphatic heterocycles. The molecule has 0 bridgehead atoms. The number of carbonyl (C=O) groups excluding carboxylic acids is 4. The number of esters is 4. The van der Waals surface area contributed by atoms with E-state index in [2.05, 4.69) is 5.16 Å². The van der Waals surface area contributed by atoms with Gasteiger partial charge in [-0.2, -0.15) is 0 Å². The van der Waals surface area contributed by atoms with Gasteiger partial charge in [-0.25, -0.2) is 0 Å². The van der Waals surface area contributed by atoms with Crippen LogP contribution in [0.4, 0.5) is 0 Å². The van der Waals surface area contributed by atoms with Crippen molar-refractivity contribution in [3.63, 3.8) is 0 Å². The molecule has 40 heavy (non-hydrogen) atoms. The second kappa shape index (κ2) is 13.4. The van der Waals surface area contributed by atoms with Crippen molar-refractivity contribution in [2.24, 2.45) is 5.16 Å². The van der Waals surface area contributed by atoms with Gasteiger partial charge in [0.15, 0.2) is 12.2 Å². The van der Waals surface area contributed by atoms with E-state index in [0.29, 0.717) is 5.56 Å². The molecule has 0 amide bonds. The van der Waals surface area contributed by atoms with E-state index >= 15 is 0 Å². The molecule has 2 aromatic carbocycles. The minimum Gasteiger partial charge on any atom is -0.507 e. The van der Waals surface area contributed by atoms with E-state index in [1.54, 1.807) is 30.3 Å². The number of phenolic OH excluding ortho intramolecular Hbond substituents is 1. The highest BCUT2D eigenvalue weighted by atomic mass is 16.7. The Morgan fingerprint density at radius 2 is 1.43 bits per heavy atom. The average molecular weight is 560 g/mol. The maximum absolute atomic E-state index is 12.0. The van der Waals surface area contributed by atoms with Crippen LogP contribution in [0.2, 0.25) is 0 Å². The highest BCUT2D eigenvalue weighted by Crippen LogP contribution is 2.33. The van der Waals surface area contributed by atoms with Gasteiger partial charge in [-0.1, -0.05) is 35.5 Å². The Morgan fingerprint density at radius 1 is 0.825 bits per heavy atom. The van der Waals surface area contributed by atoms with Gasteiger partial charge in [0.25, 0.3) is 0 Å². The second-order valence-corrected chi connectivity index (χ2v) is 8.68. The average Bonchev–Trinajstić information content (AvgIpc) is 2.88. The number of hydrogen-bond donors (Lipinski definition) is 2. The minimum absolute atomic E-state index is 0.0208. The first-order chi connectivity index (χ1) is 19.0. The van der Waals surface area contributed by atoms with Gasteiger partial charge in [0.05, 0.1) is 0 Å². The number of phenols is 1. The van der Waals surface area contributed by atoms with Crippen LogP contribution in [0, 0.1) is 0 Å². The Hall–Kier alpha value is -4.65. The Morgan fingerprint density at radius 3 is 1.98 bits per heavy atom. The van der Waals surface area contributed by atoms with E-state index in [-0.39, 0.29) is 22.8 Å². The predicted octanol–water partition coefficient (Wildman–Crippen LogP) is 2.08. The molecule has 13 nitrogen and oxygen atoms in total. The molecule has 1 fully saturated rings. The van der Waals surface area contributed by atoms with Crippen molar-refractivity contribution < 1.29 is 57.9 Å². The Labute approximate surface area is 229 Å². The van der Waals surface area contributed by atoms with Crippen molar-refractivity contribution >= 4 is 29.6 Å². The van der Waals surface area contributed by atoms with Crippen molar-refractivity contribution in [2.45, 2.75) is 58.4 Å². The molecule has 1 aliphatic rings. The van der Waals surface area contributed by atoms with Gasteiger partial charge in [0, 0.05) is 44.9 Å². The highest BCUT2D eigenvalue weighted by molar-refractivity contribution is 6.14. The lowest BCUT2D eigenvalue weighted by molar-refractivity contribution is -0.288. The standard InChI is InChI=1S/C27H29NO12/c1-14(29)35-13-22-24(36-15(2)30)25(37-16(3)31)26(38-17(4)32)27(40-22)39-19-10-11-20(21(33)12-19)23(28-34)18-8-6-5-7-9-18/h5-12,22,24-27,33-34H,13H2,1-4H3/b28-23-. The number of aromatic hydroxyl groups is 1. The fraction of sp³-hybridized carbons (Fsp3) is 0.370. The summed E-state index contributed by atoms with van der Waals surface area (Å²) in [5.74, 6) is -3.30. The molecule has 0 aliphatic carbocycles. The van der Waals surface area contributed by atoms with Crippen molar-refractivity contribution in [1.29, 1.82) is 0 Å². The van der Waals surface area contributed by atoms with E-state index in [1.807, 2.05) is 0 Å². The zero-order valence-electron chi connectivity index (χ0n) is 22.1.